The monoisotopic (exact) mass is 577 g/mol. The van der Waals surface area contributed by atoms with E-state index in [0.29, 0.717) is 36.2 Å². The van der Waals surface area contributed by atoms with Gasteiger partial charge in [-0.1, -0.05) is 23.7 Å². The third-order valence-corrected chi connectivity index (χ3v) is 8.91. The molecule has 0 unspecified atom stereocenters. The summed E-state index contributed by atoms with van der Waals surface area (Å²) in [6.45, 7) is 7.37. The van der Waals surface area contributed by atoms with E-state index in [9.17, 15) is 13.2 Å². The number of nitrogens with two attached hydrogens (primary N) is 1. The lowest BCUT2D eigenvalue weighted by Gasteiger charge is -2.32. The molecule has 5 rings (SSSR count). The second-order valence-electron chi connectivity index (χ2n) is 10.4. The molecule has 10 nitrogen and oxygen atoms in total. The van der Waals surface area contributed by atoms with Crippen molar-refractivity contribution in [2.45, 2.75) is 36.7 Å². The van der Waals surface area contributed by atoms with Crippen LogP contribution in [0.4, 0.5) is 10.1 Å². The van der Waals surface area contributed by atoms with Gasteiger partial charge in [0.25, 0.3) is 5.89 Å². The maximum absolute atomic E-state index is 15.4. The van der Waals surface area contributed by atoms with Gasteiger partial charge in [0.2, 0.25) is 11.8 Å². The molecule has 39 heavy (non-hydrogen) atoms. The molecule has 1 fully saturated rings. The Morgan fingerprint density at radius 2 is 1.85 bits per heavy atom. The highest BCUT2D eigenvalue weighted by molar-refractivity contribution is 7.91. The molecule has 208 valence electrons. The van der Waals surface area contributed by atoms with Crippen LogP contribution in [0.3, 0.4) is 0 Å². The SMILES string of the molecule is CC(C)(CN1CCOCC1)c1nnc(-c2cc3c(cc2F)S(=O)(=O)C[C@H](N)C(=O)N3Cc2ccc(Cl)cc2)o1. The number of sulfone groups is 1. The smallest absolute Gasteiger partial charge is 0.250 e. The average molecular weight is 578 g/mol. The molecule has 0 bridgehead atoms. The molecular formula is C26H29ClFN5O5S. The first-order valence-corrected chi connectivity index (χ1v) is 14.5. The van der Waals surface area contributed by atoms with Crippen LogP contribution in [-0.4, -0.2) is 74.1 Å². The first-order chi connectivity index (χ1) is 18.4. The predicted molar refractivity (Wildman–Crippen MR) is 143 cm³/mol. The van der Waals surface area contributed by atoms with Gasteiger partial charge in [-0.2, -0.15) is 0 Å². The summed E-state index contributed by atoms with van der Waals surface area (Å²) in [4.78, 5) is 16.4. The van der Waals surface area contributed by atoms with Gasteiger partial charge in [0.1, 0.15) is 5.82 Å². The lowest BCUT2D eigenvalue weighted by atomic mass is 9.92. The number of fused-ring (bicyclic) bond motifs is 1. The standard InChI is InChI=1S/C26H29ClFN5O5S/c1-26(2,15-32-7-9-37-10-8-32)25-31-30-23(38-25)18-11-21-22(12-19(18)28)39(35,36)14-20(29)24(34)33(21)13-16-3-5-17(27)6-4-16/h3-6,11-12,20H,7-10,13-15,29H2,1-2H3/t20-/m0/s1. The number of anilines is 1. The minimum absolute atomic E-state index is 0.00103. The number of nitrogens with zero attached hydrogens (tertiary/aromatic N) is 4. The lowest BCUT2D eigenvalue weighted by molar-refractivity contribution is -0.119. The van der Waals surface area contributed by atoms with E-state index in [1.165, 1.54) is 11.0 Å². The first kappa shape index (κ1) is 27.7. The normalized spacial score (nSPS) is 20.1. The van der Waals surface area contributed by atoms with Gasteiger partial charge in [-0.15, -0.1) is 10.2 Å². The second kappa shape index (κ2) is 10.6. The molecule has 1 aromatic heterocycles. The number of carbonyl (C=O) groups excluding carboxylic acids is 1. The summed E-state index contributed by atoms with van der Waals surface area (Å²) < 4.78 is 53.0. The fourth-order valence-corrected chi connectivity index (χ4v) is 6.50. The maximum atomic E-state index is 15.4. The van der Waals surface area contributed by atoms with E-state index in [-0.39, 0.29) is 28.6 Å². The zero-order valence-corrected chi connectivity index (χ0v) is 23.1. The van der Waals surface area contributed by atoms with Crippen molar-refractivity contribution in [2.24, 2.45) is 5.73 Å². The van der Waals surface area contributed by atoms with Gasteiger partial charge in [0.15, 0.2) is 9.84 Å². The Morgan fingerprint density at radius 1 is 1.15 bits per heavy atom. The van der Waals surface area contributed by atoms with E-state index in [1.54, 1.807) is 24.3 Å². The first-order valence-electron chi connectivity index (χ1n) is 12.5. The quantitative estimate of drug-likeness (QED) is 0.469. The molecule has 13 heteroatoms. The van der Waals surface area contributed by atoms with E-state index in [0.717, 1.165) is 19.2 Å². The molecule has 2 aliphatic rings. The second-order valence-corrected chi connectivity index (χ2v) is 12.9. The minimum Gasteiger partial charge on any atom is -0.420 e. The number of amides is 1. The van der Waals surface area contributed by atoms with Crippen molar-refractivity contribution in [2.75, 3.05) is 43.5 Å². The van der Waals surface area contributed by atoms with Crippen LogP contribution in [0.5, 0.6) is 0 Å². The minimum atomic E-state index is -4.08. The average Bonchev–Trinajstić information content (AvgIpc) is 3.37. The summed E-state index contributed by atoms with van der Waals surface area (Å²) in [5.74, 6) is -1.93. The molecule has 3 heterocycles. The molecule has 0 spiro atoms. The third kappa shape index (κ3) is 5.71. The van der Waals surface area contributed by atoms with Crippen LogP contribution in [0.2, 0.25) is 5.02 Å². The fourth-order valence-electron chi connectivity index (χ4n) is 4.81. The van der Waals surface area contributed by atoms with Crippen LogP contribution >= 0.6 is 11.6 Å². The van der Waals surface area contributed by atoms with Gasteiger partial charge >= 0.3 is 0 Å². The Balaban J connectivity index is 1.54. The summed E-state index contributed by atoms with van der Waals surface area (Å²) in [5.41, 5.74) is 5.99. The molecule has 2 aromatic carbocycles. The molecule has 0 radical (unpaired) electrons. The Kier molecular flexibility index (Phi) is 7.51. The number of hydrogen-bond acceptors (Lipinski definition) is 9. The van der Waals surface area contributed by atoms with Gasteiger partial charge in [0.05, 0.1) is 53.1 Å². The van der Waals surface area contributed by atoms with Crippen molar-refractivity contribution in [1.82, 2.24) is 15.1 Å². The molecule has 1 atom stereocenters. The molecule has 0 aliphatic carbocycles. The summed E-state index contributed by atoms with van der Waals surface area (Å²) in [7, 11) is -4.08. The highest BCUT2D eigenvalue weighted by Crippen LogP contribution is 2.37. The van der Waals surface area contributed by atoms with Crippen molar-refractivity contribution >= 4 is 33.0 Å². The highest BCUT2D eigenvalue weighted by Gasteiger charge is 2.38. The van der Waals surface area contributed by atoms with Crippen LogP contribution in [0.1, 0.15) is 25.3 Å². The number of carbonyl (C=O) groups is 1. The maximum Gasteiger partial charge on any atom is 0.250 e. The predicted octanol–water partition coefficient (Wildman–Crippen LogP) is 2.79. The number of aromatic nitrogens is 2. The third-order valence-electron chi connectivity index (χ3n) is 6.87. The van der Waals surface area contributed by atoms with Gasteiger partial charge in [0, 0.05) is 24.7 Å². The van der Waals surface area contributed by atoms with Crippen LogP contribution in [0.25, 0.3) is 11.5 Å². The Morgan fingerprint density at radius 3 is 2.54 bits per heavy atom. The zero-order valence-electron chi connectivity index (χ0n) is 21.6. The molecular weight excluding hydrogens is 549 g/mol. The number of halogens is 2. The van der Waals surface area contributed by atoms with Crippen LogP contribution < -0.4 is 10.6 Å². The Bertz CT molecular complexity index is 1490. The van der Waals surface area contributed by atoms with Gasteiger partial charge in [-0.25, -0.2) is 12.8 Å². The van der Waals surface area contributed by atoms with E-state index in [2.05, 4.69) is 15.1 Å². The Labute approximate surface area is 230 Å². The summed E-state index contributed by atoms with van der Waals surface area (Å²) in [6, 6.07) is 7.58. The Hall–Kier alpha value is -2.90. The fraction of sp³-hybridized carbons (Fsp3) is 0.423. The largest absolute Gasteiger partial charge is 0.420 e. The zero-order chi connectivity index (χ0) is 27.9. The molecule has 1 saturated heterocycles. The highest BCUT2D eigenvalue weighted by atomic mass is 35.5. The van der Waals surface area contributed by atoms with Gasteiger partial charge in [-0.3, -0.25) is 9.69 Å². The van der Waals surface area contributed by atoms with Crippen molar-refractivity contribution in [3.8, 4) is 11.5 Å². The summed E-state index contributed by atoms with van der Waals surface area (Å²) in [6.07, 6.45) is 0. The van der Waals surface area contributed by atoms with Crippen LogP contribution in [0, 0.1) is 5.82 Å². The van der Waals surface area contributed by atoms with Crippen molar-refractivity contribution in [3.63, 3.8) is 0 Å². The number of hydrogen-bond donors (Lipinski definition) is 1. The molecule has 2 aliphatic heterocycles. The van der Waals surface area contributed by atoms with Crippen molar-refractivity contribution in [1.29, 1.82) is 0 Å². The number of rotatable bonds is 6. The van der Waals surface area contributed by atoms with Gasteiger partial charge in [-0.05, 0) is 43.7 Å². The number of ether oxygens (including phenoxy) is 1. The number of morpholine rings is 1. The summed E-state index contributed by atoms with van der Waals surface area (Å²) in [5, 5.41) is 8.76. The summed E-state index contributed by atoms with van der Waals surface area (Å²) >= 11 is 5.99. The van der Waals surface area contributed by atoms with Crippen molar-refractivity contribution < 1.29 is 26.8 Å². The molecule has 1 amide bonds. The van der Waals surface area contributed by atoms with E-state index in [4.69, 9.17) is 26.5 Å². The van der Waals surface area contributed by atoms with E-state index in [1.807, 2.05) is 13.8 Å². The van der Waals surface area contributed by atoms with Gasteiger partial charge < -0.3 is 19.8 Å². The molecule has 2 N–H and O–H groups in total. The van der Waals surface area contributed by atoms with Crippen molar-refractivity contribution in [3.05, 3.63) is 58.7 Å². The van der Waals surface area contributed by atoms with Crippen LogP contribution in [-0.2, 0) is 31.3 Å². The lowest BCUT2D eigenvalue weighted by Crippen LogP contribution is -2.45. The topological polar surface area (TPSA) is 132 Å². The number of benzene rings is 2. The van der Waals surface area contributed by atoms with E-state index >= 15 is 4.39 Å². The molecule has 0 saturated carbocycles. The van der Waals surface area contributed by atoms with Crippen LogP contribution in [0.15, 0.2) is 45.7 Å². The van der Waals surface area contributed by atoms with E-state index < -0.39 is 38.8 Å². The molecule has 3 aromatic rings.